The molecule has 1 aromatic carbocycles. The molecule has 11 heteroatoms. The number of anilines is 4. The molecule has 3 heterocycles. The molecule has 0 unspecified atom stereocenters. The first kappa shape index (κ1) is 22.8. The molecule has 0 saturated heterocycles. The van der Waals surface area contributed by atoms with Crippen LogP contribution in [-0.2, 0) is 13.6 Å². The number of ketones is 1. The van der Waals surface area contributed by atoms with Crippen molar-refractivity contribution in [3.05, 3.63) is 60.4 Å². The minimum absolute atomic E-state index is 0.0458. The number of aryl methyl sites for hydroxylation is 1. The lowest BCUT2D eigenvalue weighted by atomic mass is 10.1. The Morgan fingerprint density at radius 1 is 1.09 bits per heavy atom. The van der Waals surface area contributed by atoms with Crippen molar-refractivity contribution in [1.82, 2.24) is 29.7 Å². The maximum absolute atomic E-state index is 12.6. The van der Waals surface area contributed by atoms with E-state index in [9.17, 15) is 4.79 Å². The first-order valence-electron chi connectivity index (χ1n) is 10.6. The average Bonchev–Trinajstić information content (AvgIpc) is 3.29. The molecule has 0 bridgehead atoms. The molecule has 0 aliphatic rings. The Morgan fingerprint density at radius 3 is 2.62 bits per heavy atom. The van der Waals surface area contributed by atoms with E-state index in [0.29, 0.717) is 58.8 Å². The summed E-state index contributed by atoms with van der Waals surface area (Å²) in [6.07, 6.45) is 4.93. The number of nitrogens with two attached hydrogens (primary N) is 1. The van der Waals surface area contributed by atoms with Crippen LogP contribution in [0.15, 0.2) is 49.2 Å². The van der Waals surface area contributed by atoms with Crippen LogP contribution in [-0.4, -0.2) is 42.6 Å². The van der Waals surface area contributed by atoms with Gasteiger partial charge in [0.1, 0.15) is 24.3 Å². The number of carbonyl (C=O) groups excluding carboxylic acids is 1. The van der Waals surface area contributed by atoms with Crippen LogP contribution in [0, 0.1) is 0 Å². The fourth-order valence-electron chi connectivity index (χ4n) is 3.39. The van der Waals surface area contributed by atoms with Crippen LogP contribution in [0.4, 0.5) is 23.0 Å². The van der Waals surface area contributed by atoms with Gasteiger partial charge in [-0.2, -0.15) is 5.10 Å². The summed E-state index contributed by atoms with van der Waals surface area (Å²) < 4.78 is 7.32. The highest BCUT2D eigenvalue weighted by atomic mass is 16.5. The van der Waals surface area contributed by atoms with E-state index in [2.05, 4.69) is 35.7 Å². The van der Waals surface area contributed by atoms with Gasteiger partial charge >= 0.3 is 0 Å². The van der Waals surface area contributed by atoms with Gasteiger partial charge in [-0.05, 0) is 12.1 Å². The second-order valence-electron chi connectivity index (χ2n) is 7.37. The van der Waals surface area contributed by atoms with Gasteiger partial charge in [-0.1, -0.05) is 13.0 Å². The SMILES string of the molecule is CCC(=O)c1cnc(Nc2cc(CN)ncn2)cc1Nc1cccc(-c2ncn(C)n2)c1OC. The zero-order chi connectivity index (χ0) is 24.1. The Bertz CT molecular complexity index is 1320. The third kappa shape index (κ3) is 4.84. The fraction of sp³-hybridized carbons (Fsp3) is 0.217. The molecule has 0 spiro atoms. The standard InChI is InChI=1S/C23H25N9O2/c1-4-19(33)16-11-25-21(30-20-8-14(10-24)26-12-27-20)9-18(16)29-17-7-5-6-15(22(17)34-3)23-28-13-32(2)31-23/h5-9,11-13H,4,10,24H2,1-3H3,(H2,25,26,27,29,30). The molecule has 0 saturated carbocycles. The number of methoxy groups -OCH3 is 1. The minimum Gasteiger partial charge on any atom is -0.494 e. The fourth-order valence-corrected chi connectivity index (χ4v) is 3.39. The van der Waals surface area contributed by atoms with Crippen molar-refractivity contribution < 1.29 is 9.53 Å². The third-order valence-electron chi connectivity index (χ3n) is 5.04. The van der Waals surface area contributed by atoms with Crippen molar-refractivity contribution in [2.45, 2.75) is 19.9 Å². The Kier molecular flexibility index (Phi) is 6.74. The number of nitrogens with zero attached hydrogens (tertiary/aromatic N) is 6. The Morgan fingerprint density at radius 2 is 1.91 bits per heavy atom. The number of benzene rings is 1. The molecular formula is C23H25N9O2. The summed E-state index contributed by atoms with van der Waals surface area (Å²) in [5, 5.41) is 10.8. The zero-order valence-corrected chi connectivity index (χ0v) is 19.1. The second kappa shape index (κ2) is 10.0. The normalized spacial score (nSPS) is 10.7. The molecule has 0 aliphatic carbocycles. The van der Waals surface area contributed by atoms with E-state index in [1.165, 1.54) is 12.5 Å². The van der Waals surface area contributed by atoms with E-state index >= 15 is 0 Å². The van der Waals surface area contributed by atoms with E-state index in [1.807, 2.05) is 25.1 Å². The number of hydrogen-bond donors (Lipinski definition) is 3. The van der Waals surface area contributed by atoms with Crippen LogP contribution in [0.5, 0.6) is 5.75 Å². The Hall–Kier alpha value is -4.38. The quantitative estimate of drug-likeness (QED) is 0.319. The van der Waals surface area contributed by atoms with E-state index in [0.717, 1.165) is 5.56 Å². The molecule has 4 aromatic rings. The number of rotatable bonds is 9. The monoisotopic (exact) mass is 459 g/mol. The summed E-state index contributed by atoms with van der Waals surface area (Å²) in [6, 6.07) is 9.09. The topological polar surface area (TPSA) is 146 Å². The molecule has 3 aromatic heterocycles. The van der Waals surface area contributed by atoms with E-state index in [-0.39, 0.29) is 5.78 Å². The lowest BCUT2D eigenvalue weighted by Gasteiger charge is -2.17. The Balaban J connectivity index is 1.72. The molecular weight excluding hydrogens is 434 g/mol. The number of aromatic nitrogens is 6. The molecule has 0 atom stereocenters. The van der Waals surface area contributed by atoms with Gasteiger partial charge in [0.25, 0.3) is 0 Å². The molecule has 34 heavy (non-hydrogen) atoms. The first-order chi connectivity index (χ1) is 16.5. The van der Waals surface area contributed by atoms with Gasteiger partial charge in [0.2, 0.25) is 0 Å². The maximum atomic E-state index is 12.6. The van der Waals surface area contributed by atoms with Gasteiger partial charge in [-0.25, -0.2) is 19.9 Å². The third-order valence-corrected chi connectivity index (χ3v) is 5.04. The smallest absolute Gasteiger partial charge is 0.184 e. The summed E-state index contributed by atoms with van der Waals surface area (Å²) in [7, 11) is 3.38. The molecule has 11 nitrogen and oxygen atoms in total. The Labute approximate surface area is 196 Å². The van der Waals surface area contributed by atoms with Crippen LogP contribution in [0.1, 0.15) is 29.4 Å². The summed E-state index contributed by atoms with van der Waals surface area (Å²) in [6.45, 7) is 2.10. The highest BCUT2D eigenvalue weighted by Crippen LogP contribution is 2.37. The van der Waals surface area contributed by atoms with Crippen molar-refractivity contribution in [3.63, 3.8) is 0 Å². The van der Waals surface area contributed by atoms with Crippen molar-refractivity contribution in [2.24, 2.45) is 12.8 Å². The van der Waals surface area contributed by atoms with Gasteiger partial charge in [0.15, 0.2) is 17.4 Å². The second-order valence-corrected chi connectivity index (χ2v) is 7.37. The van der Waals surface area contributed by atoms with Crippen molar-refractivity contribution in [1.29, 1.82) is 0 Å². The first-order valence-corrected chi connectivity index (χ1v) is 10.6. The lowest BCUT2D eigenvalue weighted by molar-refractivity contribution is 0.0988. The number of carbonyl (C=O) groups is 1. The molecule has 4 N–H and O–H groups in total. The van der Waals surface area contributed by atoms with Crippen molar-refractivity contribution in [3.8, 4) is 17.1 Å². The minimum atomic E-state index is -0.0458. The molecule has 174 valence electrons. The van der Waals surface area contributed by atoms with Crippen LogP contribution in [0.25, 0.3) is 11.4 Å². The van der Waals surface area contributed by atoms with E-state index < -0.39 is 0 Å². The lowest BCUT2D eigenvalue weighted by Crippen LogP contribution is -2.07. The number of ether oxygens (including phenoxy) is 1. The van der Waals surface area contributed by atoms with Gasteiger partial charge < -0.3 is 21.1 Å². The number of hydrogen-bond acceptors (Lipinski definition) is 10. The highest BCUT2D eigenvalue weighted by Gasteiger charge is 2.18. The molecule has 0 radical (unpaired) electrons. The largest absolute Gasteiger partial charge is 0.494 e. The highest BCUT2D eigenvalue weighted by molar-refractivity contribution is 6.02. The predicted octanol–water partition coefficient (Wildman–Crippen LogP) is 3.21. The number of nitrogens with one attached hydrogen (secondary N) is 2. The van der Waals surface area contributed by atoms with Crippen LogP contribution >= 0.6 is 0 Å². The maximum Gasteiger partial charge on any atom is 0.184 e. The van der Waals surface area contributed by atoms with Gasteiger partial charge in [0.05, 0.1) is 35.3 Å². The van der Waals surface area contributed by atoms with Gasteiger partial charge in [0, 0.05) is 38.3 Å². The van der Waals surface area contributed by atoms with Crippen molar-refractivity contribution >= 4 is 28.8 Å². The average molecular weight is 460 g/mol. The molecule has 0 amide bonds. The summed E-state index contributed by atoms with van der Waals surface area (Å²) >= 11 is 0. The van der Waals surface area contributed by atoms with Crippen LogP contribution in [0.3, 0.4) is 0 Å². The summed E-state index contributed by atoms with van der Waals surface area (Å²) in [4.78, 5) is 29.7. The number of Topliss-reactive ketones (excluding diaryl/α,β-unsaturated/α-hetero) is 1. The van der Waals surface area contributed by atoms with Gasteiger partial charge in [-0.15, -0.1) is 0 Å². The summed E-state index contributed by atoms with van der Waals surface area (Å²) in [5.74, 6) is 2.08. The predicted molar refractivity (Wildman–Crippen MR) is 128 cm³/mol. The zero-order valence-electron chi connectivity index (χ0n) is 19.1. The number of para-hydroxylation sites is 1. The van der Waals surface area contributed by atoms with E-state index in [1.54, 1.807) is 37.3 Å². The summed E-state index contributed by atoms with van der Waals surface area (Å²) in [5.41, 5.74) is 8.77. The molecule has 4 rings (SSSR count). The number of pyridine rings is 1. The van der Waals surface area contributed by atoms with Crippen LogP contribution in [0.2, 0.25) is 0 Å². The molecule has 0 fully saturated rings. The van der Waals surface area contributed by atoms with Gasteiger partial charge in [-0.3, -0.25) is 9.48 Å². The van der Waals surface area contributed by atoms with Crippen molar-refractivity contribution in [2.75, 3.05) is 17.7 Å². The van der Waals surface area contributed by atoms with Crippen LogP contribution < -0.4 is 21.1 Å². The molecule has 0 aliphatic heterocycles. The van der Waals surface area contributed by atoms with E-state index in [4.69, 9.17) is 10.5 Å².